The molecule has 0 spiro atoms. The Hall–Kier alpha value is -4.13. The van der Waals surface area contributed by atoms with Gasteiger partial charge in [-0.1, -0.05) is 24.8 Å². The zero-order chi connectivity index (χ0) is 21.9. The number of carbonyl (C=O) groups excluding carboxylic acids is 1. The summed E-state index contributed by atoms with van der Waals surface area (Å²) in [6.45, 7) is 5.75. The van der Waals surface area contributed by atoms with Crippen molar-refractivity contribution in [1.82, 2.24) is 19.4 Å². The van der Waals surface area contributed by atoms with Gasteiger partial charge >= 0.3 is 0 Å². The van der Waals surface area contributed by atoms with Crippen molar-refractivity contribution in [2.24, 2.45) is 5.92 Å². The van der Waals surface area contributed by atoms with Crippen LogP contribution in [0.25, 0.3) is 11.0 Å². The Labute approximate surface area is 185 Å². The zero-order valence-electron chi connectivity index (χ0n) is 17.4. The van der Waals surface area contributed by atoms with Crippen molar-refractivity contribution >= 4 is 16.9 Å². The quantitative estimate of drug-likeness (QED) is 0.402. The lowest BCUT2D eigenvalue weighted by atomic mass is 10.00. The van der Waals surface area contributed by atoms with Crippen LogP contribution in [0.15, 0.2) is 85.8 Å². The Balaban J connectivity index is 1.31. The van der Waals surface area contributed by atoms with E-state index < -0.39 is 0 Å². The summed E-state index contributed by atoms with van der Waals surface area (Å²) < 4.78 is 14.0. The molecule has 7 heteroatoms. The van der Waals surface area contributed by atoms with Gasteiger partial charge in [-0.3, -0.25) is 4.79 Å². The van der Waals surface area contributed by atoms with Gasteiger partial charge in [-0.2, -0.15) is 4.98 Å². The summed E-state index contributed by atoms with van der Waals surface area (Å²) in [4.78, 5) is 22.2. The predicted molar refractivity (Wildman–Crippen MR) is 121 cm³/mol. The van der Waals surface area contributed by atoms with E-state index in [-0.39, 0.29) is 5.91 Å². The molecule has 0 bridgehead atoms. The van der Waals surface area contributed by atoms with Gasteiger partial charge in [-0.25, -0.2) is 4.98 Å². The third kappa shape index (κ3) is 4.05. The molecule has 3 heterocycles. The molecule has 4 aromatic rings. The standard InChI is InChI=1S/C25H22N4O3/c1-2-23(30)29-15-18(16-29)14-28-13-12-22-24(28)25(27-17-26-22)32-21-10-8-20(9-11-21)31-19-6-4-3-5-7-19/h2-13,17-18H,1,14-16H2. The van der Waals surface area contributed by atoms with Gasteiger partial charge in [0.25, 0.3) is 0 Å². The second-order valence-electron chi connectivity index (χ2n) is 7.68. The fraction of sp³-hybridized carbons (Fsp3) is 0.160. The Bertz CT molecular complexity index is 1250. The van der Waals surface area contributed by atoms with Gasteiger partial charge in [0.15, 0.2) is 0 Å². The molecule has 5 rings (SSSR count). The van der Waals surface area contributed by atoms with Gasteiger partial charge in [0, 0.05) is 31.7 Å². The number of benzene rings is 2. The van der Waals surface area contributed by atoms with Gasteiger partial charge in [-0.05, 0) is 48.5 Å². The summed E-state index contributed by atoms with van der Waals surface area (Å²) in [5.41, 5.74) is 1.66. The molecule has 160 valence electrons. The van der Waals surface area contributed by atoms with E-state index in [1.165, 1.54) is 12.4 Å². The van der Waals surface area contributed by atoms with Crippen molar-refractivity contribution in [3.63, 3.8) is 0 Å². The van der Waals surface area contributed by atoms with Crippen LogP contribution in [0.4, 0.5) is 0 Å². The van der Waals surface area contributed by atoms with Gasteiger partial charge in [-0.15, -0.1) is 0 Å². The van der Waals surface area contributed by atoms with Crippen molar-refractivity contribution in [3.05, 3.63) is 85.8 Å². The van der Waals surface area contributed by atoms with E-state index in [0.29, 0.717) is 17.5 Å². The highest BCUT2D eigenvalue weighted by Crippen LogP contribution is 2.31. The summed E-state index contributed by atoms with van der Waals surface area (Å²) >= 11 is 0. The molecule has 7 nitrogen and oxygen atoms in total. The van der Waals surface area contributed by atoms with Crippen LogP contribution in [0.3, 0.4) is 0 Å². The van der Waals surface area contributed by atoms with Crippen LogP contribution in [0.1, 0.15) is 0 Å². The van der Waals surface area contributed by atoms with E-state index >= 15 is 0 Å². The second kappa shape index (κ2) is 8.55. The highest BCUT2D eigenvalue weighted by Gasteiger charge is 2.30. The monoisotopic (exact) mass is 426 g/mol. The lowest BCUT2D eigenvalue weighted by Gasteiger charge is -2.39. The lowest BCUT2D eigenvalue weighted by molar-refractivity contribution is -0.132. The first-order valence-electron chi connectivity index (χ1n) is 10.4. The number of hydrogen-bond donors (Lipinski definition) is 0. The molecule has 0 saturated carbocycles. The topological polar surface area (TPSA) is 69.5 Å². The summed E-state index contributed by atoms with van der Waals surface area (Å²) in [6.07, 6.45) is 4.85. The van der Waals surface area contributed by atoms with E-state index in [1.54, 1.807) is 4.90 Å². The van der Waals surface area contributed by atoms with Crippen LogP contribution in [0, 0.1) is 5.92 Å². The van der Waals surface area contributed by atoms with Crippen molar-refractivity contribution in [2.75, 3.05) is 13.1 Å². The third-order valence-electron chi connectivity index (χ3n) is 5.43. The number of likely N-dealkylation sites (tertiary alicyclic amines) is 1. The number of rotatable bonds is 7. The molecule has 0 unspecified atom stereocenters. The lowest BCUT2D eigenvalue weighted by Crippen LogP contribution is -2.50. The number of aromatic nitrogens is 3. The number of nitrogens with zero attached hydrogens (tertiary/aromatic N) is 4. The molecule has 2 aromatic carbocycles. The maximum atomic E-state index is 11.7. The SMILES string of the molecule is C=CC(=O)N1CC(Cn2ccc3ncnc(Oc4ccc(Oc5ccccc5)cc4)c32)C1. The Kier molecular flexibility index (Phi) is 5.29. The molecule has 1 aliphatic heterocycles. The van der Waals surface area contributed by atoms with Gasteiger partial charge in [0.2, 0.25) is 11.8 Å². The molecular formula is C25H22N4O3. The summed E-state index contributed by atoms with van der Waals surface area (Å²) in [5.74, 6) is 3.01. The van der Waals surface area contributed by atoms with Crippen LogP contribution >= 0.6 is 0 Å². The average molecular weight is 426 g/mol. The largest absolute Gasteiger partial charge is 0.457 e. The Morgan fingerprint density at radius 2 is 1.66 bits per heavy atom. The minimum atomic E-state index is -0.0225. The fourth-order valence-corrected chi connectivity index (χ4v) is 3.81. The van der Waals surface area contributed by atoms with Crippen LogP contribution in [-0.2, 0) is 11.3 Å². The van der Waals surface area contributed by atoms with Crippen LogP contribution in [0.5, 0.6) is 23.1 Å². The molecule has 2 aromatic heterocycles. The van der Waals surface area contributed by atoms with E-state index in [9.17, 15) is 4.79 Å². The number of para-hydroxylation sites is 1. The van der Waals surface area contributed by atoms with E-state index in [4.69, 9.17) is 9.47 Å². The molecule has 32 heavy (non-hydrogen) atoms. The first kappa shape index (κ1) is 19.8. The van der Waals surface area contributed by atoms with Crippen molar-refractivity contribution < 1.29 is 14.3 Å². The van der Waals surface area contributed by atoms with E-state index in [2.05, 4.69) is 21.1 Å². The average Bonchev–Trinajstić information content (AvgIpc) is 3.21. The molecule has 1 aliphatic rings. The third-order valence-corrected chi connectivity index (χ3v) is 5.43. The molecule has 1 amide bonds. The highest BCUT2D eigenvalue weighted by atomic mass is 16.5. The normalized spacial score (nSPS) is 13.6. The Morgan fingerprint density at radius 3 is 2.38 bits per heavy atom. The first-order valence-corrected chi connectivity index (χ1v) is 10.4. The van der Waals surface area contributed by atoms with Crippen LogP contribution in [0.2, 0.25) is 0 Å². The number of hydrogen-bond acceptors (Lipinski definition) is 5. The number of fused-ring (bicyclic) bond motifs is 1. The summed E-state index contributed by atoms with van der Waals surface area (Å²) in [7, 11) is 0. The van der Waals surface area contributed by atoms with Crippen molar-refractivity contribution in [2.45, 2.75) is 6.54 Å². The number of ether oxygens (including phenoxy) is 2. The molecular weight excluding hydrogens is 404 g/mol. The second-order valence-corrected chi connectivity index (χ2v) is 7.68. The molecule has 0 radical (unpaired) electrons. The smallest absolute Gasteiger partial charge is 0.247 e. The van der Waals surface area contributed by atoms with E-state index in [1.807, 2.05) is 66.9 Å². The van der Waals surface area contributed by atoms with Gasteiger partial charge in [0.05, 0.1) is 5.52 Å². The summed E-state index contributed by atoms with van der Waals surface area (Å²) in [5, 5.41) is 0. The number of carbonyl (C=O) groups is 1. The molecule has 1 fully saturated rings. The maximum absolute atomic E-state index is 11.7. The van der Waals surface area contributed by atoms with Crippen molar-refractivity contribution in [3.8, 4) is 23.1 Å². The predicted octanol–water partition coefficient (Wildman–Crippen LogP) is 4.66. The number of amides is 1. The van der Waals surface area contributed by atoms with E-state index in [0.717, 1.165) is 42.2 Å². The Morgan fingerprint density at radius 1 is 0.969 bits per heavy atom. The zero-order valence-corrected chi connectivity index (χ0v) is 17.4. The van der Waals surface area contributed by atoms with Crippen LogP contribution in [-0.4, -0.2) is 38.4 Å². The minimum absolute atomic E-state index is 0.0225. The molecule has 0 N–H and O–H groups in total. The summed E-state index contributed by atoms with van der Waals surface area (Å²) in [6, 6.07) is 19.0. The van der Waals surface area contributed by atoms with Gasteiger partial charge in [0.1, 0.15) is 29.1 Å². The molecule has 0 atom stereocenters. The molecule has 0 aliphatic carbocycles. The molecule has 1 saturated heterocycles. The van der Waals surface area contributed by atoms with Gasteiger partial charge < -0.3 is 18.9 Å². The van der Waals surface area contributed by atoms with Crippen molar-refractivity contribution in [1.29, 1.82) is 0 Å². The highest BCUT2D eigenvalue weighted by molar-refractivity contribution is 5.87. The first-order chi connectivity index (χ1) is 15.7. The maximum Gasteiger partial charge on any atom is 0.247 e. The minimum Gasteiger partial charge on any atom is -0.457 e. The van der Waals surface area contributed by atoms with Crippen LogP contribution < -0.4 is 9.47 Å². The fourth-order valence-electron chi connectivity index (χ4n) is 3.81.